The summed E-state index contributed by atoms with van der Waals surface area (Å²) in [5, 5.41) is 0.781. The van der Waals surface area contributed by atoms with Gasteiger partial charge in [-0.05, 0) is 121 Å². The van der Waals surface area contributed by atoms with Crippen LogP contribution in [0.4, 0.5) is 17.6 Å². The van der Waals surface area contributed by atoms with Gasteiger partial charge in [0.25, 0.3) is 0 Å². The number of carbonyl (C=O) groups excluding carboxylic acids is 1. The lowest BCUT2D eigenvalue weighted by atomic mass is 9.83. The summed E-state index contributed by atoms with van der Waals surface area (Å²) in [6.45, 7) is 0. The Balaban J connectivity index is 1.40. The van der Waals surface area contributed by atoms with Gasteiger partial charge in [-0.15, -0.1) is 22.7 Å². The van der Waals surface area contributed by atoms with Gasteiger partial charge >= 0.3 is 0 Å². The van der Waals surface area contributed by atoms with Crippen LogP contribution >= 0.6 is 69.1 Å². The van der Waals surface area contributed by atoms with Crippen molar-refractivity contribution in [3.05, 3.63) is 182 Å². The first-order valence-electron chi connectivity index (χ1n) is 15.5. The highest BCUT2D eigenvalue weighted by molar-refractivity contribution is 7.13. The predicted octanol–water partition coefficient (Wildman–Crippen LogP) is 12.7. The molecule has 0 spiro atoms. The van der Waals surface area contributed by atoms with Crippen LogP contribution in [-0.2, 0) is 17.6 Å². The number of rotatable bonds is 8. The smallest absolute Gasteiger partial charge is 0.150 e. The van der Waals surface area contributed by atoms with Gasteiger partial charge in [-0.3, -0.25) is 4.79 Å². The Morgan fingerprint density at radius 3 is 1.23 bits per heavy atom. The number of hydrogen-bond donors (Lipinski definition) is 0. The zero-order valence-corrected chi connectivity index (χ0v) is 31.2. The molecule has 0 N–H and O–H groups in total. The molecule has 6 rings (SSSR count). The van der Waals surface area contributed by atoms with E-state index >= 15 is 0 Å². The average molecular weight is 813 g/mol. The zero-order valence-electron chi connectivity index (χ0n) is 26.6. The van der Waals surface area contributed by atoms with Gasteiger partial charge in [-0.1, -0.05) is 70.1 Å². The highest BCUT2D eigenvalue weighted by Crippen LogP contribution is 2.38. The van der Waals surface area contributed by atoms with Gasteiger partial charge in [0.1, 0.15) is 29.1 Å². The van der Waals surface area contributed by atoms with Gasteiger partial charge in [-0.25, -0.2) is 17.6 Å². The first-order chi connectivity index (χ1) is 24.9. The van der Waals surface area contributed by atoms with E-state index in [9.17, 15) is 22.4 Å². The lowest BCUT2D eigenvalue weighted by Gasteiger charge is -2.22. The molecular formula is C41H22Cl4F4OS2. The molecule has 0 saturated heterocycles. The molecule has 260 valence electrons. The number of hydrogen-bond acceptors (Lipinski definition) is 3. The highest BCUT2D eigenvalue weighted by atomic mass is 35.5. The Morgan fingerprint density at radius 1 is 0.500 bits per heavy atom. The zero-order chi connectivity index (χ0) is 36.9. The first kappa shape index (κ1) is 37.7. The summed E-state index contributed by atoms with van der Waals surface area (Å²) in [6, 6.07) is 23.3. The number of Topliss-reactive ketones (excluding diaryl/α,β-unsaturated/α-hetero) is 1. The van der Waals surface area contributed by atoms with Crippen LogP contribution < -0.4 is 0 Å². The molecule has 52 heavy (non-hydrogen) atoms. The van der Waals surface area contributed by atoms with Crippen LogP contribution in [0.15, 0.2) is 97.1 Å². The number of halogens is 8. The number of thiophene rings is 2. The van der Waals surface area contributed by atoms with E-state index in [1.54, 1.807) is 48.5 Å². The van der Waals surface area contributed by atoms with Crippen molar-refractivity contribution in [3.63, 3.8) is 0 Å². The topological polar surface area (TPSA) is 17.1 Å². The molecule has 0 bridgehead atoms. The molecular weight excluding hydrogens is 790 g/mol. The summed E-state index contributed by atoms with van der Waals surface area (Å²) in [5.41, 5.74) is 1.76. The van der Waals surface area contributed by atoms with E-state index in [0.717, 1.165) is 0 Å². The van der Waals surface area contributed by atoms with Crippen molar-refractivity contribution in [2.75, 3.05) is 0 Å². The SMILES string of the molecule is O=C(C(Cc1cc(F)cc(Cl)c1)c1ccc(C#Cc2cc(F)cc(Cl)c2)s1)C(Cc1cc(F)cc(Cl)c1)c1ccc(C#Cc2cc(F)cc(Cl)c2)s1. The summed E-state index contributed by atoms with van der Waals surface area (Å²) in [5.74, 6) is 7.88. The maximum Gasteiger partial charge on any atom is 0.150 e. The van der Waals surface area contributed by atoms with Gasteiger partial charge < -0.3 is 0 Å². The van der Waals surface area contributed by atoms with Crippen LogP contribution in [0.3, 0.4) is 0 Å². The van der Waals surface area contributed by atoms with Crippen molar-refractivity contribution in [2.45, 2.75) is 24.7 Å². The molecule has 1 nitrogen and oxygen atoms in total. The summed E-state index contributed by atoms with van der Waals surface area (Å²) < 4.78 is 56.9. The van der Waals surface area contributed by atoms with Crippen LogP contribution in [0, 0.1) is 47.0 Å². The summed E-state index contributed by atoms with van der Waals surface area (Å²) in [4.78, 5) is 17.4. The molecule has 0 aliphatic rings. The Morgan fingerprint density at radius 2 is 0.865 bits per heavy atom. The monoisotopic (exact) mass is 810 g/mol. The maximum absolute atomic E-state index is 14.9. The molecule has 2 atom stereocenters. The van der Waals surface area contributed by atoms with Gasteiger partial charge in [0, 0.05) is 41.0 Å². The second kappa shape index (κ2) is 16.7. The van der Waals surface area contributed by atoms with Crippen molar-refractivity contribution < 1.29 is 22.4 Å². The third-order valence-corrected chi connectivity index (χ3v) is 10.8. The van der Waals surface area contributed by atoms with Crippen molar-refractivity contribution in [1.82, 2.24) is 0 Å². The van der Waals surface area contributed by atoms with Crippen LogP contribution in [0.2, 0.25) is 20.1 Å². The number of carbonyl (C=O) groups is 1. The van der Waals surface area contributed by atoms with Crippen molar-refractivity contribution >= 4 is 74.9 Å². The van der Waals surface area contributed by atoms with Crippen molar-refractivity contribution in [3.8, 4) is 23.7 Å². The molecule has 0 amide bonds. The average Bonchev–Trinajstić information content (AvgIpc) is 3.72. The molecule has 0 aliphatic heterocycles. The van der Waals surface area contributed by atoms with Crippen LogP contribution in [0.25, 0.3) is 0 Å². The maximum atomic E-state index is 14.9. The normalized spacial score (nSPS) is 12.0. The van der Waals surface area contributed by atoms with E-state index < -0.39 is 35.1 Å². The summed E-state index contributed by atoms with van der Waals surface area (Å²) in [6.07, 6.45) is 0.198. The third kappa shape index (κ3) is 10.1. The lowest BCUT2D eigenvalue weighted by Crippen LogP contribution is -2.23. The van der Waals surface area contributed by atoms with E-state index in [4.69, 9.17) is 46.4 Å². The Kier molecular flexibility index (Phi) is 12.1. The van der Waals surface area contributed by atoms with Crippen LogP contribution in [-0.4, -0.2) is 5.78 Å². The van der Waals surface area contributed by atoms with Crippen molar-refractivity contribution in [2.24, 2.45) is 0 Å². The van der Waals surface area contributed by atoms with Gasteiger partial charge in [0.15, 0.2) is 0 Å². The second-order valence-electron chi connectivity index (χ2n) is 11.7. The predicted molar refractivity (Wildman–Crippen MR) is 204 cm³/mol. The van der Waals surface area contributed by atoms with E-state index in [1.807, 2.05) is 0 Å². The lowest BCUT2D eigenvalue weighted by molar-refractivity contribution is -0.121. The molecule has 2 aromatic heterocycles. The molecule has 2 heterocycles. The molecule has 11 heteroatoms. The minimum absolute atomic E-state index is 0.0992. The Hall–Kier alpha value is -4.05. The summed E-state index contributed by atoms with van der Waals surface area (Å²) >= 11 is 27.0. The minimum Gasteiger partial charge on any atom is -0.298 e. The standard InChI is InChI=1S/C41H22Cl4F4OS2/c42-27-9-23(13-31(46)19-27)1-3-35-5-7-39(51-35)37(17-25-11-29(44)21-33(48)15-25)41(50)38(18-26-12-30(45)22-34(49)16-26)40-8-6-36(52-40)4-2-24-10-28(43)20-32(47)14-24/h5-16,19-22,37-38H,17-18H2. The number of benzene rings is 4. The molecule has 0 fully saturated rings. The van der Waals surface area contributed by atoms with E-state index in [0.29, 0.717) is 41.8 Å². The second-order valence-corrected chi connectivity index (χ2v) is 15.7. The van der Waals surface area contributed by atoms with E-state index in [1.165, 1.54) is 71.2 Å². The molecule has 4 aromatic carbocycles. The van der Waals surface area contributed by atoms with Gasteiger partial charge in [0.05, 0.1) is 21.6 Å². The quantitative estimate of drug-likeness (QED) is 0.111. The fraction of sp³-hybridized carbons (Fsp3) is 0.0976. The largest absolute Gasteiger partial charge is 0.298 e. The van der Waals surface area contributed by atoms with Gasteiger partial charge in [-0.2, -0.15) is 0 Å². The molecule has 0 aliphatic carbocycles. The van der Waals surface area contributed by atoms with Gasteiger partial charge in [0.2, 0.25) is 0 Å². The molecule has 2 unspecified atom stereocenters. The molecule has 0 saturated carbocycles. The summed E-state index contributed by atoms with van der Waals surface area (Å²) in [7, 11) is 0. The highest BCUT2D eigenvalue weighted by Gasteiger charge is 2.32. The Bertz CT molecular complexity index is 2180. The molecule has 6 aromatic rings. The van der Waals surface area contributed by atoms with E-state index in [-0.39, 0.29) is 38.7 Å². The van der Waals surface area contributed by atoms with Crippen molar-refractivity contribution in [1.29, 1.82) is 0 Å². The fourth-order valence-corrected chi connectivity index (χ4v) is 8.46. The van der Waals surface area contributed by atoms with E-state index in [2.05, 4.69) is 23.7 Å². The Labute approximate surface area is 325 Å². The number of ketones is 1. The fourth-order valence-electron chi connectivity index (χ4n) is 5.59. The van der Waals surface area contributed by atoms with Crippen LogP contribution in [0.5, 0.6) is 0 Å². The minimum atomic E-state index is -0.804. The molecule has 0 radical (unpaired) electrons. The first-order valence-corrected chi connectivity index (χ1v) is 18.6. The third-order valence-electron chi connectivity index (χ3n) is 7.74. The van der Waals surface area contributed by atoms with Crippen LogP contribution in [0.1, 0.15) is 53.6 Å².